The van der Waals surface area contributed by atoms with Gasteiger partial charge in [0.1, 0.15) is 0 Å². The molecule has 1 saturated heterocycles. The Morgan fingerprint density at radius 3 is 1.75 bits per heavy atom. The van der Waals surface area contributed by atoms with Gasteiger partial charge in [-0.25, -0.2) is 0 Å². The third-order valence-corrected chi connectivity index (χ3v) is 5.45. The maximum atomic E-state index is 4.70. The number of hydrogen-bond acceptors (Lipinski definition) is 3. The minimum absolute atomic E-state index is 0.319. The normalized spacial score (nSPS) is 19.5. The molecule has 0 aromatic carbocycles. The van der Waals surface area contributed by atoms with Crippen molar-refractivity contribution >= 4 is 12.6 Å². The topological polar surface area (TPSA) is 6.48 Å². The van der Waals surface area contributed by atoms with E-state index >= 15 is 0 Å². The van der Waals surface area contributed by atoms with Gasteiger partial charge in [-0.1, -0.05) is 26.7 Å². The van der Waals surface area contributed by atoms with Crippen LogP contribution in [-0.4, -0.2) is 53.8 Å². The van der Waals surface area contributed by atoms with Crippen molar-refractivity contribution in [2.24, 2.45) is 5.41 Å². The molecule has 3 heteroatoms. The van der Waals surface area contributed by atoms with Crippen molar-refractivity contribution in [3.8, 4) is 0 Å². The maximum Gasteiger partial charge on any atom is 0.0126 e. The number of hydrogen-bond donors (Lipinski definition) is 1. The van der Waals surface area contributed by atoms with E-state index in [9.17, 15) is 0 Å². The lowest BCUT2D eigenvalue weighted by atomic mass is 9.80. The summed E-state index contributed by atoms with van der Waals surface area (Å²) in [5.74, 6) is 1.04. The fourth-order valence-electron chi connectivity index (χ4n) is 3.60. The van der Waals surface area contributed by atoms with E-state index in [2.05, 4.69) is 44.4 Å². The SMILES string of the molecule is CCCC(CS)(CCC)CN1CCN(C(C)(C)C)CC1. The van der Waals surface area contributed by atoms with E-state index in [4.69, 9.17) is 12.6 Å². The summed E-state index contributed by atoms with van der Waals surface area (Å²) in [6.07, 6.45) is 5.21. The van der Waals surface area contributed by atoms with E-state index in [0.29, 0.717) is 11.0 Å². The van der Waals surface area contributed by atoms with Gasteiger partial charge < -0.3 is 4.90 Å². The molecule has 0 aliphatic carbocycles. The second kappa shape index (κ2) is 8.05. The lowest BCUT2D eigenvalue weighted by molar-refractivity contribution is 0.0397. The monoisotopic (exact) mass is 300 g/mol. The zero-order chi connectivity index (χ0) is 15.2. The molecule has 120 valence electrons. The molecule has 0 atom stereocenters. The minimum Gasteiger partial charge on any atom is -0.300 e. The second-order valence-corrected chi connectivity index (χ2v) is 7.91. The van der Waals surface area contributed by atoms with Crippen LogP contribution in [0.25, 0.3) is 0 Å². The highest BCUT2D eigenvalue weighted by Gasteiger charge is 2.32. The zero-order valence-electron chi connectivity index (χ0n) is 14.4. The highest BCUT2D eigenvalue weighted by atomic mass is 32.1. The van der Waals surface area contributed by atoms with Crippen LogP contribution in [0.3, 0.4) is 0 Å². The third kappa shape index (κ3) is 5.23. The Hall–Kier alpha value is 0.270. The molecule has 0 N–H and O–H groups in total. The highest BCUT2D eigenvalue weighted by Crippen LogP contribution is 2.33. The minimum atomic E-state index is 0.319. The van der Waals surface area contributed by atoms with E-state index in [-0.39, 0.29) is 0 Å². The van der Waals surface area contributed by atoms with Gasteiger partial charge in [0.2, 0.25) is 0 Å². The molecule has 0 spiro atoms. The third-order valence-electron chi connectivity index (χ3n) is 4.78. The molecule has 2 nitrogen and oxygen atoms in total. The van der Waals surface area contributed by atoms with Crippen LogP contribution in [0.4, 0.5) is 0 Å². The molecule has 1 aliphatic rings. The summed E-state index contributed by atoms with van der Waals surface area (Å²) < 4.78 is 0. The van der Waals surface area contributed by atoms with Crippen molar-refractivity contribution in [3.05, 3.63) is 0 Å². The van der Waals surface area contributed by atoms with E-state index in [1.54, 1.807) is 0 Å². The molecule has 0 unspecified atom stereocenters. The largest absolute Gasteiger partial charge is 0.300 e. The van der Waals surface area contributed by atoms with Gasteiger partial charge in [-0.2, -0.15) is 12.6 Å². The standard InChI is InChI=1S/C17H36N2S/c1-6-8-17(15-20,9-7-2)14-18-10-12-19(13-11-18)16(3,4)5/h20H,6-15H2,1-5H3. The molecule has 1 heterocycles. The first-order valence-electron chi connectivity index (χ1n) is 8.45. The average Bonchev–Trinajstić information content (AvgIpc) is 2.39. The van der Waals surface area contributed by atoms with Gasteiger partial charge in [-0.05, 0) is 44.8 Å². The Kier molecular flexibility index (Phi) is 7.37. The fourth-order valence-corrected chi connectivity index (χ4v) is 4.02. The molecular weight excluding hydrogens is 264 g/mol. The van der Waals surface area contributed by atoms with Gasteiger partial charge in [-0.15, -0.1) is 0 Å². The van der Waals surface area contributed by atoms with Crippen molar-refractivity contribution in [3.63, 3.8) is 0 Å². The number of thiol groups is 1. The van der Waals surface area contributed by atoms with Gasteiger partial charge in [0, 0.05) is 38.3 Å². The van der Waals surface area contributed by atoms with E-state index in [1.807, 2.05) is 0 Å². The molecule has 0 aromatic heterocycles. The number of rotatable bonds is 7. The lowest BCUT2D eigenvalue weighted by Gasteiger charge is -2.45. The summed E-state index contributed by atoms with van der Waals surface area (Å²) in [7, 11) is 0. The van der Waals surface area contributed by atoms with Crippen molar-refractivity contribution in [1.29, 1.82) is 0 Å². The first-order valence-corrected chi connectivity index (χ1v) is 9.08. The van der Waals surface area contributed by atoms with Crippen LogP contribution < -0.4 is 0 Å². The van der Waals surface area contributed by atoms with Gasteiger partial charge in [0.25, 0.3) is 0 Å². The molecule has 0 aromatic rings. The van der Waals surface area contributed by atoms with E-state index in [0.717, 1.165) is 5.75 Å². The molecule has 1 fully saturated rings. The average molecular weight is 301 g/mol. The summed E-state index contributed by atoms with van der Waals surface area (Å²) in [5, 5.41) is 0. The molecule has 1 rings (SSSR count). The summed E-state index contributed by atoms with van der Waals surface area (Å²) >= 11 is 4.70. The summed E-state index contributed by atoms with van der Waals surface area (Å²) in [5.41, 5.74) is 0.760. The summed E-state index contributed by atoms with van der Waals surface area (Å²) in [6.45, 7) is 17.7. The van der Waals surface area contributed by atoms with Crippen molar-refractivity contribution in [2.45, 2.75) is 65.8 Å². The second-order valence-electron chi connectivity index (χ2n) is 7.59. The smallest absolute Gasteiger partial charge is 0.0126 e. The van der Waals surface area contributed by atoms with Gasteiger partial charge in [-0.3, -0.25) is 4.90 Å². The van der Waals surface area contributed by atoms with Crippen molar-refractivity contribution in [2.75, 3.05) is 38.5 Å². The highest BCUT2D eigenvalue weighted by molar-refractivity contribution is 7.80. The zero-order valence-corrected chi connectivity index (χ0v) is 15.3. The molecule has 0 saturated carbocycles. The van der Waals surface area contributed by atoms with E-state index in [1.165, 1.54) is 58.4 Å². The van der Waals surface area contributed by atoms with Gasteiger partial charge >= 0.3 is 0 Å². The van der Waals surface area contributed by atoms with Gasteiger partial charge in [0.05, 0.1) is 0 Å². The Morgan fingerprint density at radius 2 is 1.40 bits per heavy atom. The predicted octanol–water partition coefficient (Wildman–Crippen LogP) is 3.92. The predicted molar refractivity (Wildman–Crippen MR) is 93.9 cm³/mol. The first kappa shape index (κ1) is 18.3. The van der Waals surface area contributed by atoms with Crippen molar-refractivity contribution < 1.29 is 0 Å². The number of nitrogens with zero attached hydrogens (tertiary/aromatic N) is 2. The first-order chi connectivity index (χ1) is 9.37. The Morgan fingerprint density at radius 1 is 0.900 bits per heavy atom. The Labute approximate surface area is 132 Å². The molecule has 20 heavy (non-hydrogen) atoms. The maximum absolute atomic E-state index is 4.70. The lowest BCUT2D eigenvalue weighted by Crippen LogP contribution is -2.55. The fraction of sp³-hybridized carbons (Fsp3) is 1.00. The summed E-state index contributed by atoms with van der Waals surface area (Å²) in [6, 6.07) is 0. The van der Waals surface area contributed by atoms with Crippen LogP contribution in [0.5, 0.6) is 0 Å². The molecule has 1 aliphatic heterocycles. The van der Waals surface area contributed by atoms with Crippen LogP contribution in [0, 0.1) is 5.41 Å². The van der Waals surface area contributed by atoms with Crippen LogP contribution >= 0.6 is 12.6 Å². The van der Waals surface area contributed by atoms with Crippen LogP contribution in [0.15, 0.2) is 0 Å². The molecule has 0 bridgehead atoms. The molecule has 0 radical (unpaired) electrons. The molecule has 0 amide bonds. The Balaban J connectivity index is 2.55. The van der Waals surface area contributed by atoms with E-state index < -0.39 is 0 Å². The number of piperazine rings is 1. The van der Waals surface area contributed by atoms with Crippen LogP contribution in [0.2, 0.25) is 0 Å². The summed E-state index contributed by atoms with van der Waals surface area (Å²) in [4.78, 5) is 5.30. The van der Waals surface area contributed by atoms with Gasteiger partial charge in [0.15, 0.2) is 0 Å². The Bertz CT molecular complexity index is 259. The van der Waals surface area contributed by atoms with Crippen LogP contribution in [-0.2, 0) is 0 Å². The molecular formula is C17H36N2S. The quantitative estimate of drug-likeness (QED) is 0.712. The van der Waals surface area contributed by atoms with Crippen LogP contribution in [0.1, 0.15) is 60.3 Å². The van der Waals surface area contributed by atoms with Crippen molar-refractivity contribution in [1.82, 2.24) is 9.80 Å².